The van der Waals surface area contributed by atoms with Gasteiger partial charge in [-0.2, -0.15) is 0 Å². The lowest BCUT2D eigenvalue weighted by Gasteiger charge is -2.34. The summed E-state index contributed by atoms with van der Waals surface area (Å²) in [4.78, 5) is 27.2. The Kier molecular flexibility index (Phi) is 4.86. The van der Waals surface area contributed by atoms with Crippen molar-refractivity contribution in [3.05, 3.63) is 33.8 Å². The van der Waals surface area contributed by atoms with Crippen molar-refractivity contribution in [2.75, 3.05) is 32.7 Å². The molecule has 1 aliphatic heterocycles. The molecule has 20 heavy (non-hydrogen) atoms. The molecule has 0 saturated carbocycles. The highest BCUT2D eigenvalue weighted by atomic mass is 35.5. The maximum Gasteiger partial charge on any atom is 0.255 e. The first-order valence-corrected chi connectivity index (χ1v) is 7.01. The first-order chi connectivity index (χ1) is 9.54. The number of halogens is 2. The number of carbonyl (C=O) groups excluding carboxylic acids is 2. The molecule has 1 aromatic carbocycles. The van der Waals surface area contributed by atoms with Crippen LogP contribution in [-0.4, -0.2) is 54.3 Å². The minimum absolute atomic E-state index is 0.00589. The number of nitrogens with two attached hydrogens (primary N) is 1. The Morgan fingerprint density at radius 2 is 1.70 bits per heavy atom. The Morgan fingerprint density at radius 1 is 1.10 bits per heavy atom. The predicted molar refractivity (Wildman–Crippen MR) is 78.0 cm³/mol. The number of nitrogens with zero attached hydrogens (tertiary/aromatic N) is 2. The Labute approximate surface area is 127 Å². The number of rotatable bonds is 2. The minimum atomic E-state index is -0.169. The third-order valence-corrected chi connectivity index (χ3v) is 4.10. The van der Waals surface area contributed by atoms with Gasteiger partial charge in [-0.15, -0.1) is 0 Å². The van der Waals surface area contributed by atoms with Crippen LogP contribution in [0.3, 0.4) is 0 Å². The van der Waals surface area contributed by atoms with Gasteiger partial charge in [-0.1, -0.05) is 29.3 Å². The minimum Gasteiger partial charge on any atom is -0.338 e. The number of carbonyl (C=O) groups is 2. The van der Waals surface area contributed by atoms with Gasteiger partial charge in [0.05, 0.1) is 22.2 Å². The molecule has 0 aliphatic carbocycles. The number of hydrogen-bond donors (Lipinski definition) is 1. The smallest absolute Gasteiger partial charge is 0.255 e. The van der Waals surface area contributed by atoms with Gasteiger partial charge in [-0.05, 0) is 12.1 Å². The van der Waals surface area contributed by atoms with Gasteiger partial charge >= 0.3 is 0 Å². The number of amides is 2. The molecular formula is C13H15Cl2N3O2. The van der Waals surface area contributed by atoms with E-state index in [1.54, 1.807) is 28.0 Å². The van der Waals surface area contributed by atoms with Crippen LogP contribution in [0.2, 0.25) is 10.0 Å². The predicted octanol–water partition coefficient (Wildman–Crippen LogP) is 1.24. The molecule has 1 aromatic rings. The van der Waals surface area contributed by atoms with E-state index in [1.807, 2.05) is 0 Å². The molecule has 108 valence electrons. The summed E-state index contributed by atoms with van der Waals surface area (Å²) in [6.45, 7) is 1.90. The molecule has 0 radical (unpaired) electrons. The normalized spacial score (nSPS) is 15.3. The third-order valence-electron chi connectivity index (χ3n) is 3.28. The van der Waals surface area contributed by atoms with Gasteiger partial charge in [0.25, 0.3) is 5.91 Å². The van der Waals surface area contributed by atoms with Gasteiger partial charge in [0.2, 0.25) is 5.91 Å². The summed E-state index contributed by atoms with van der Waals surface area (Å²) < 4.78 is 0. The van der Waals surface area contributed by atoms with Crippen LogP contribution in [0.1, 0.15) is 10.4 Å². The first kappa shape index (κ1) is 15.1. The molecule has 5 nitrogen and oxygen atoms in total. The Bertz CT molecular complexity index is 528. The molecule has 0 aromatic heterocycles. The first-order valence-electron chi connectivity index (χ1n) is 6.25. The van der Waals surface area contributed by atoms with E-state index >= 15 is 0 Å². The summed E-state index contributed by atoms with van der Waals surface area (Å²) in [6.07, 6.45) is 0. The van der Waals surface area contributed by atoms with Crippen LogP contribution < -0.4 is 5.73 Å². The summed E-state index contributed by atoms with van der Waals surface area (Å²) in [5.41, 5.74) is 5.71. The molecule has 0 atom stereocenters. The second-order valence-electron chi connectivity index (χ2n) is 4.48. The zero-order chi connectivity index (χ0) is 14.7. The molecule has 0 bridgehead atoms. The maximum absolute atomic E-state index is 12.4. The van der Waals surface area contributed by atoms with Gasteiger partial charge in [0.1, 0.15) is 0 Å². The lowest BCUT2D eigenvalue weighted by molar-refractivity contribution is -0.131. The molecule has 2 amide bonds. The summed E-state index contributed by atoms with van der Waals surface area (Å²) in [6, 6.07) is 4.97. The Balaban J connectivity index is 2.05. The SMILES string of the molecule is NCC(=O)N1CCN(C(=O)c2cccc(Cl)c2Cl)CC1. The molecule has 2 N–H and O–H groups in total. The molecular weight excluding hydrogens is 301 g/mol. The molecule has 1 saturated heterocycles. The zero-order valence-electron chi connectivity index (χ0n) is 10.8. The van der Waals surface area contributed by atoms with Gasteiger partial charge < -0.3 is 15.5 Å². The topological polar surface area (TPSA) is 66.6 Å². The van der Waals surface area contributed by atoms with E-state index in [-0.39, 0.29) is 23.4 Å². The molecule has 1 heterocycles. The van der Waals surface area contributed by atoms with Crippen LogP contribution in [0.25, 0.3) is 0 Å². The van der Waals surface area contributed by atoms with E-state index in [2.05, 4.69) is 0 Å². The fraction of sp³-hybridized carbons (Fsp3) is 0.385. The Hall–Kier alpha value is -1.30. The highest BCUT2D eigenvalue weighted by molar-refractivity contribution is 6.43. The van der Waals surface area contributed by atoms with Crippen molar-refractivity contribution in [2.45, 2.75) is 0 Å². The molecule has 1 aliphatic rings. The van der Waals surface area contributed by atoms with Crippen LogP contribution in [0, 0.1) is 0 Å². The second kappa shape index (κ2) is 6.43. The standard InChI is InChI=1S/C13H15Cl2N3O2/c14-10-3-1-2-9(12(10)15)13(20)18-6-4-17(5-7-18)11(19)8-16/h1-3H,4-8,16H2. The van der Waals surface area contributed by atoms with Crippen molar-refractivity contribution in [1.82, 2.24) is 9.80 Å². The van der Waals surface area contributed by atoms with Gasteiger partial charge in [-0.25, -0.2) is 0 Å². The molecule has 2 rings (SSSR count). The van der Waals surface area contributed by atoms with E-state index in [4.69, 9.17) is 28.9 Å². The van der Waals surface area contributed by atoms with Crippen molar-refractivity contribution < 1.29 is 9.59 Å². The van der Waals surface area contributed by atoms with Crippen molar-refractivity contribution >= 4 is 35.0 Å². The highest BCUT2D eigenvalue weighted by Crippen LogP contribution is 2.26. The van der Waals surface area contributed by atoms with E-state index in [1.165, 1.54) is 0 Å². The number of benzene rings is 1. The van der Waals surface area contributed by atoms with Crippen molar-refractivity contribution in [3.63, 3.8) is 0 Å². The van der Waals surface area contributed by atoms with Crippen LogP contribution in [0.4, 0.5) is 0 Å². The Morgan fingerprint density at radius 3 is 2.30 bits per heavy atom. The summed E-state index contributed by atoms with van der Waals surface area (Å²) >= 11 is 12.0. The zero-order valence-corrected chi connectivity index (χ0v) is 12.3. The largest absolute Gasteiger partial charge is 0.338 e. The average Bonchev–Trinajstić information content (AvgIpc) is 2.48. The molecule has 0 unspecified atom stereocenters. The van der Waals surface area contributed by atoms with Gasteiger partial charge in [0, 0.05) is 26.2 Å². The monoisotopic (exact) mass is 315 g/mol. The third kappa shape index (κ3) is 3.06. The quantitative estimate of drug-likeness (QED) is 0.892. The lowest BCUT2D eigenvalue weighted by Crippen LogP contribution is -2.51. The van der Waals surface area contributed by atoms with Gasteiger partial charge in [0.15, 0.2) is 0 Å². The summed E-state index contributed by atoms with van der Waals surface area (Å²) in [7, 11) is 0. The van der Waals surface area contributed by atoms with Crippen LogP contribution >= 0.6 is 23.2 Å². The maximum atomic E-state index is 12.4. The molecule has 0 spiro atoms. The van der Waals surface area contributed by atoms with E-state index < -0.39 is 0 Å². The van der Waals surface area contributed by atoms with Crippen LogP contribution in [-0.2, 0) is 4.79 Å². The van der Waals surface area contributed by atoms with Crippen molar-refractivity contribution in [2.24, 2.45) is 5.73 Å². The van der Waals surface area contributed by atoms with Crippen molar-refractivity contribution in [1.29, 1.82) is 0 Å². The number of piperazine rings is 1. The number of hydrogen-bond acceptors (Lipinski definition) is 3. The van der Waals surface area contributed by atoms with Crippen molar-refractivity contribution in [3.8, 4) is 0 Å². The molecule has 1 fully saturated rings. The second-order valence-corrected chi connectivity index (χ2v) is 5.26. The molecule has 7 heteroatoms. The summed E-state index contributed by atoms with van der Waals surface area (Å²) in [5.74, 6) is -0.268. The fourth-order valence-electron chi connectivity index (χ4n) is 2.13. The lowest BCUT2D eigenvalue weighted by atomic mass is 10.1. The van der Waals surface area contributed by atoms with E-state index in [0.29, 0.717) is 36.8 Å². The van der Waals surface area contributed by atoms with E-state index in [0.717, 1.165) is 0 Å². The van der Waals surface area contributed by atoms with Gasteiger partial charge in [-0.3, -0.25) is 9.59 Å². The van der Waals surface area contributed by atoms with E-state index in [9.17, 15) is 9.59 Å². The highest BCUT2D eigenvalue weighted by Gasteiger charge is 2.25. The summed E-state index contributed by atoms with van der Waals surface area (Å²) in [5, 5.41) is 0.620. The average molecular weight is 316 g/mol. The van der Waals surface area contributed by atoms with Crippen LogP contribution in [0.5, 0.6) is 0 Å². The van der Waals surface area contributed by atoms with Crippen LogP contribution in [0.15, 0.2) is 18.2 Å². The fourth-order valence-corrected chi connectivity index (χ4v) is 2.51.